The van der Waals surface area contributed by atoms with Crippen LogP contribution in [0.2, 0.25) is 5.02 Å². The second-order valence-electron chi connectivity index (χ2n) is 4.75. The van der Waals surface area contributed by atoms with E-state index in [0.29, 0.717) is 16.6 Å². The Morgan fingerprint density at radius 1 is 1.39 bits per heavy atom. The van der Waals surface area contributed by atoms with E-state index in [4.69, 9.17) is 21.9 Å². The normalized spacial score (nSPS) is 15.6. The van der Waals surface area contributed by atoms with E-state index in [1.165, 1.54) is 19.3 Å². The molecule has 0 bridgehead atoms. The van der Waals surface area contributed by atoms with Gasteiger partial charge in [-0.25, -0.2) is 0 Å². The topological polar surface area (TPSA) is 64.9 Å². The van der Waals surface area contributed by atoms with Gasteiger partial charge < -0.3 is 10.3 Å². The summed E-state index contributed by atoms with van der Waals surface area (Å²) in [5.74, 6) is 1.96. The summed E-state index contributed by atoms with van der Waals surface area (Å²) in [6.07, 6.45) is 4.76. The molecule has 1 aliphatic rings. The lowest BCUT2D eigenvalue weighted by atomic mass is 9.83. The van der Waals surface area contributed by atoms with Gasteiger partial charge in [-0.15, -0.1) is 0 Å². The van der Waals surface area contributed by atoms with Crippen LogP contribution in [0.1, 0.15) is 25.1 Å². The smallest absolute Gasteiger partial charge is 0.260 e. The lowest BCUT2D eigenvalue weighted by Crippen LogP contribution is -2.14. The maximum Gasteiger partial charge on any atom is 0.260 e. The molecule has 0 radical (unpaired) electrons. The van der Waals surface area contributed by atoms with Gasteiger partial charge in [0.05, 0.1) is 5.56 Å². The summed E-state index contributed by atoms with van der Waals surface area (Å²) in [5.41, 5.74) is 7.19. The zero-order valence-electron chi connectivity index (χ0n) is 9.90. The molecule has 2 aromatic rings. The van der Waals surface area contributed by atoms with Gasteiger partial charge in [0.1, 0.15) is 0 Å². The molecular formula is C13H14ClN3O. The average molecular weight is 264 g/mol. The van der Waals surface area contributed by atoms with Crippen molar-refractivity contribution in [1.29, 1.82) is 0 Å². The third-order valence-corrected chi connectivity index (χ3v) is 3.64. The van der Waals surface area contributed by atoms with Crippen molar-refractivity contribution in [2.45, 2.75) is 25.7 Å². The SMILES string of the molecule is Nc1cc(Cl)ccc1-c1nc(CC2CCC2)no1. The Bertz CT molecular complexity index is 563. The third kappa shape index (κ3) is 2.20. The van der Waals surface area contributed by atoms with Crippen molar-refractivity contribution in [1.82, 2.24) is 10.1 Å². The van der Waals surface area contributed by atoms with Crippen LogP contribution in [0, 0.1) is 5.92 Å². The Labute approximate surface area is 110 Å². The highest BCUT2D eigenvalue weighted by molar-refractivity contribution is 6.31. The summed E-state index contributed by atoms with van der Waals surface area (Å²) in [4.78, 5) is 4.39. The molecule has 0 spiro atoms. The van der Waals surface area contributed by atoms with Crippen molar-refractivity contribution in [3.63, 3.8) is 0 Å². The maximum absolute atomic E-state index is 5.89. The summed E-state index contributed by atoms with van der Waals surface area (Å²) < 4.78 is 5.26. The predicted molar refractivity (Wildman–Crippen MR) is 70.2 cm³/mol. The van der Waals surface area contributed by atoms with Crippen molar-refractivity contribution in [2.75, 3.05) is 5.73 Å². The van der Waals surface area contributed by atoms with Gasteiger partial charge in [0.25, 0.3) is 5.89 Å². The monoisotopic (exact) mass is 263 g/mol. The first-order chi connectivity index (χ1) is 8.72. The highest BCUT2D eigenvalue weighted by Crippen LogP contribution is 2.31. The predicted octanol–water partition coefficient (Wildman–Crippen LogP) is 3.31. The molecule has 4 nitrogen and oxygen atoms in total. The van der Waals surface area contributed by atoms with Crippen molar-refractivity contribution in [3.05, 3.63) is 29.0 Å². The number of anilines is 1. The summed E-state index contributed by atoms with van der Waals surface area (Å²) >= 11 is 5.86. The molecule has 1 fully saturated rings. The van der Waals surface area contributed by atoms with Gasteiger partial charge in [0.15, 0.2) is 5.82 Å². The van der Waals surface area contributed by atoms with Gasteiger partial charge in [-0.2, -0.15) is 4.98 Å². The Morgan fingerprint density at radius 3 is 2.89 bits per heavy atom. The molecule has 1 aromatic carbocycles. The number of nitrogen functional groups attached to an aromatic ring is 1. The van der Waals surface area contributed by atoms with Crippen LogP contribution in [-0.2, 0) is 6.42 Å². The van der Waals surface area contributed by atoms with Crippen LogP contribution < -0.4 is 5.73 Å². The first kappa shape index (κ1) is 11.5. The van der Waals surface area contributed by atoms with Crippen LogP contribution in [0.3, 0.4) is 0 Å². The van der Waals surface area contributed by atoms with E-state index in [2.05, 4.69) is 10.1 Å². The minimum Gasteiger partial charge on any atom is -0.398 e. The van der Waals surface area contributed by atoms with E-state index in [-0.39, 0.29) is 0 Å². The fourth-order valence-corrected chi connectivity index (χ4v) is 2.31. The Balaban J connectivity index is 1.83. The number of benzene rings is 1. The minimum atomic E-state index is 0.471. The molecule has 0 atom stereocenters. The summed E-state index contributed by atoms with van der Waals surface area (Å²) in [6.45, 7) is 0. The molecule has 1 aliphatic carbocycles. The van der Waals surface area contributed by atoms with Crippen LogP contribution in [0.15, 0.2) is 22.7 Å². The molecule has 5 heteroatoms. The molecule has 2 N–H and O–H groups in total. The molecule has 94 valence electrons. The van der Waals surface area contributed by atoms with E-state index in [1.54, 1.807) is 18.2 Å². The first-order valence-electron chi connectivity index (χ1n) is 6.10. The fourth-order valence-electron chi connectivity index (χ4n) is 2.13. The van der Waals surface area contributed by atoms with Crippen molar-refractivity contribution >= 4 is 17.3 Å². The third-order valence-electron chi connectivity index (χ3n) is 3.41. The fraction of sp³-hybridized carbons (Fsp3) is 0.385. The van der Waals surface area contributed by atoms with Crippen LogP contribution in [-0.4, -0.2) is 10.1 Å². The van der Waals surface area contributed by atoms with Gasteiger partial charge >= 0.3 is 0 Å². The highest BCUT2D eigenvalue weighted by Gasteiger charge is 2.21. The maximum atomic E-state index is 5.89. The van der Waals surface area contributed by atoms with E-state index < -0.39 is 0 Å². The molecule has 1 saturated carbocycles. The Morgan fingerprint density at radius 2 is 2.22 bits per heavy atom. The molecule has 3 rings (SSSR count). The van der Waals surface area contributed by atoms with Crippen molar-refractivity contribution in [2.24, 2.45) is 5.92 Å². The number of rotatable bonds is 3. The van der Waals surface area contributed by atoms with Crippen molar-refractivity contribution in [3.8, 4) is 11.5 Å². The molecule has 0 amide bonds. The zero-order chi connectivity index (χ0) is 12.5. The standard InChI is InChI=1S/C13H14ClN3O/c14-9-4-5-10(11(15)7-9)13-16-12(17-18-13)6-8-2-1-3-8/h4-5,7-8H,1-3,6,15H2. The van der Waals surface area contributed by atoms with Crippen molar-refractivity contribution < 1.29 is 4.52 Å². The highest BCUT2D eigenvalue weighted by atomic mass is 35.5. The van der Waals surface area contributed by atoms with Gasteiger partial charge in [-0.05, 0) is 24.1 Å². The van der Waals surface area contributed by atoms with Gasteiger partial charge in [-0.3, -0.25) is 0 Å². The molecule has 0 unspecified atom stereocenters. The second-order valence-corrected chi connectivity index (χ2v) is 5.18. The van der Waals surface area contributed by atoms with E-state index >= 15 is 0 Å². The Kier molecular flexibility index (Phi) is 2.96. The number of hydrogen-bond acceptors (Lipinski definition) is 4. The number of aromatic nitrogens is 2. The second kappa shape index (κ2) is 4.61. The first-order valence-corrected chi connectivity index (χ1v) is 6.48. The van der Waals surface area contributed by atoms with Crippen LogP contribution >= 0.6 is 11.6 Å². The van der Waals surface area contributed by atoms with Gasteiger partial charge in [-0.1, -0.05) is 36.0 Å². The van der Waals surface area contributed by atoms with Gasteiger partial charge in [0, 0.05) is 17.1 Å². The number of nitrogens with zero attached hydrogens (tertiary/aromatic N) is 2. The van der Waals surface area contributed by atoms with Gasteiger partial charge in [0.2, 0.25) is 0 Å². The van der Waals surface area contributed by atoms with E-state index in [0.717, 1.165) is 23.7 Å². The molecule has 0 aliphatic heterocycles. The summed E-state index contributed by atoms with van der Waals surface area (Å²) in [7, 11) is 0. The molecular weight excluding hydrogens is 250 g/mol. The zero-order valence-corrected chi connectivity index (χ0v) is 10.7. The number of hydrogen-bond donors (Lipinski definition) is 1. The molecule has 1 heterocycles. The van der Waals surface area contributed by atoms with E-state index in [9.17, 15) is 0 Å². The molecule has 1 aromatic heterocycles. The van der Waals surface area contributed by atoms with Crippen LogP contribution in [0.5, 0.6) is 0 Å². The lowest BCUT2D eigenvalue weighted by molar-refractivity contribution is 0.304. The summed E-state index contributed by atoms with van der Waals surface area (Å²) in [5, 5.41) is 4.61. The summed E-state index contributed by atoms with van der Waals surface area (Å²) in [6, 6.07) is 5.26. The Hall–Kier alpha value is -1.55. The molecule has 18 heavy (non-hydrogen) atoms. The van der Waals surface area contributed by atoms with Crippen LogP contribution in [0.4, 0.5) is 5.69 Å². The average Bonchev–Trinajstić information content (AvgIpc) is 2.72. The van der Waals surface area contributed by atoms with E-state index in [1.807, 2.05) is 0 Å². The quantitative estimate of drug-likeness (QED) is 0.863. The largest absolute Gasteiger partial charge is 0.398 e. The number of halogens is 1. The van der Waals surface area contributed by atoms with Crippen LogP contribution in [0.25, 0.3) is 11.5 Å². The minimum absolute atomic E-state index is 0.471. The molecule has 0 saturated heterocycles. The number of nitrogens with two attached hydrogens (primary N) is 1. The lowest BCUT2D eigenvalue weighted by Gasteiger charge is -2.23.